The van der Waals surface area contributed by atoms with E-state index >= 15 is 0 Å². The van der Waals surface area contributed by atoms with Crippen molar-refractivity contribution >= 4 is 5.78 Å². The highest BCUT2D eigenvalue weighted by molar-refractivity contribution is 5.86. The molecular weight excluding hydrogens is 116 g/mol. The molecule has 0 spiro atoms. The molecule has 1 aliphatic rings. The summed E-state index contributed by atoms with van der Waals surface area (Å²) in [5.74, 6) is 0.131. The van der Waals surface area contributed by atoms with Crippen LogP contribution in [0.25, 0.3) is 0 Å². The first-order valence-electron chi connectivity index (χ1n) is 2.85. The zero-order valence-corrected chi connectivity index (χ0v) is 5.09. The van der Waals surface area contributed by atoms with E-state index in [2.05, 4.69) is 12.3 Å². The van der Waals surface area contributed by atoms with Crippen molar-refractivity contribution in [1.29, 1.82) is 0 Å². The van der Waals surface area contributed by atoms with Gasteiger partial charge in [-0.2, -0.15) is 0 Å². The Bertz CT molecular complexity index is 166. The molecule has 0 aliphatic carbocycles. The molecule has 1 atom stereocenters. The molecule has 0 aromatic rings. The van der Waals surface area contributed by atoms with E-state index in [0.717, 1.165) is 0 Å². The molecule has 0 amide bonds. The molecule has 0 radical (unpaired) electrons. The second kappa shape index (κ2) is 2.62. The summed E-state index contributed by atoms with van der Waals surface area (Å²) in [5, 5.41) is 0. The van der Waals surface area contributed by atoms with Crippen molar-refractivity contribution in [3.63, 3.8) is 0 Å². The van der Waals surface area contributed by atoms with Gasteiger partial charge in [0.1, 0.15) is 6.10 Å². The van der Waals surface area contributed by atoms with Crippen LogP contribution in [-0.4, -0.2) is 18.5 Å². The molecule has 1 saturated heterocycles. The maximum Gasteiger partial charge on any atom is 0.168 e. The normalized spacial score (nSPS) is 25.8. The fraction of sp³-hybridized carbons (Fsp3) is 0.429. The van der Waals surface area contributed by atoms with Gasteiger partial charge in [0.25, 0.3) is 0 Å². The van der Waals surface area contributed by atoms with E-state index in [4.69, 9.17) is 4.74 Å². The average molecular weight is 124 g/mol. The van der Waals surface area contributed by atoms with E-state index in [9.17, 15) is 4.79 Å². The van der Waals surface area contributed by atoms with Gasteiger partial charge in [-0.25, -0.2) is 0 Å². The summed E-state index contributed by atoms with van der Waals surface area (Å²) in [7, 11) is 0. The predicted octanol–water partition coefficient (Wildman–Crippen LogP) is 0.685. The molecule has 48 valence electrons. The number of carbonyl (C=O) groups excluding carboxylic acids is 1. The van der Waals surface area contributed by atoms with Gasteiger partial charge in [0.05, 0.1) is 6.61 Å². The smallest absolute Gasteiger partial charge is 0.168 e. The fourth-order valence-corrected chi connectivity index (χ4v) is 0.770. The van der Waals surface area contributed by atoms with E-state index in [1.165, 1.54) is 0 Å². The van der Waals surface area contributed by atoms with Crippen LogP contribution in [0.3, 0.4) is 0 Å². The minimum atomic E-state index is -0.359. The molecule has 2 heteroatoms. The van der Waals surface area contributed by atoms with Crippen LogP contribution in [0.1, 0.15) is 6.42 Å². The number of hydrogen-bond acceptors (Lipinski definition) is 2. The van der Waals surface area contributed by atoms with Gasteiger partial charge in [-0.05, 0) is 6.08 Å². The van der Waals surface area contributed by atoms with Crippen LogP contribution in [0.2, 0.25) is 0 Å². The second-order valence-electron chi connectivity index (χ2n) is 1.88. The quantitative estimate of drug-likeness (QED) is 0.480. The van der Waals surface area contributed by atoms with Crippen LogP contribution in [-0.2, 0) is 9.53 Å². The van der Waals surface area contributed by atoms with Gasteiger partial charge in [-0.1, -0.05) is 6.58 Å². The van der Waals surface area contributed by atoms with Gasteiger partial charge in [-0.3, -0.25) is 4.79 Å². The molecule has 0 aromatic heterocycles. The zero-order valence-electron chi connectivity index (χ0n) is 5.09. The van der Waals surface area contributed by atoms with Crippen LogP contribution in [0.4, 0.5) is 0 Å². The third kappa shape index (κ3) is 1.28. The highest BCUT2D eigenvalue weighted by Gasteiger charge is 2.21. The number of ketones is 1. The van der Waals surface area contributed by atoms with Gasteiger partial charge in [-0.15, -0.1) is 5.73 Å². The van der Waals surface area contributed by atoms with E-state index in [-0.39, 0.29) is 11.9 Å². The Labute approximate surface area is 53.8 Å². The van der Waals surface area contributed by atoms with Crippen LogP contribution < -0.4 is 0 Å². The van der Waals surface area contributed by atoms with E-state index in [1.54, 1.807) is 6.08 Å². The summed E-state index contributed by atoms with van der Waals surface area (Å²) in [4.78, 5) is 10.7. The lowest BCUT2D eigenvalue weighted by molar-refractivity contribution is -0.120. The SMILES string of the molecule is C=C=CC1OCCC1=O. The van der Waals surface area contributed by atoms with Gasteiger partial charge >= 0.3 is 0 Å². The molecule has 1 unspecified atom stereocenters. The average Bonchev–Trinajstić information content (AvgIpc) is 2.18. The lowest BCUT2D eigenvalue weighted by Gasteiger charge is -1.95. The summed E-state index contributed by atoms with van der Waals surface area (Å²) in [5.41, 5.74) is 2.52. The first kappa shape index (κ1) is 6.27. The molecule has 0 saturated carbocycles. The molecule has 0 aromatic carbocycles. The van der Waals surface area contributed by atoms with Gasteiger partial charge in [0, 0.05) is 6.42 Å². The molecule has 0 N–H and O–H groups in total. The first-order chi connectivity index (χ1) is 4.34. The molecule has 1 aliphatic heterocycles. The Hall–Kier alpha value is -0.850. The van der Waals surface area contributed by atoms with Crippen molar-refractivity contribution in [3.8, 4) is 0 Å². The Morgan fingerprint density at radius 1 is 1.89 bits per heavy atom. The number of carbonyl (C=O) groups is 1. The van der Waals surface area contributed by atoms with Crippen molar-refractivity contribution in [3.05, 3.63) is 18.4 Å². The van der Waals surface area contributed by atoms with E-state index in [0.29, 0.717) is 13.0 Å². The summed E-state index contributed by atoms with van der Waals surface area (Å²) in [6, 6.07) is 0. The zero-order chi connectivity index (χ0) is 6.69. The second-order valence-corrected chi connectivity index (χ2v) is 1.88. The molecular formula is C7H8O2. The maximum absolute atomic E-state index is 10.7. The standard InChI is InChI=1S/C7H8O2/c1-2-3-7-6(8)4-5-9-7/h3,7H,1,4-5H2. The molecule has 0 bridgehead atoms. The van der Waals surface area contributed by atoms with Crippen LogP contribution in [0.5, 0.6) is 0 Å². The Kier molecular flexibility index (Phi) is 1.83. The summed E-state index contributed by atoms with van der Waals surface area (Å²) < 4.78 is 5.00. The molecule has 9 heavy (non-hydrogen) atoms. The number of hydrogen-bond donors (Lipinski definition) is 0. The summed E-state index contributed by atoms with van der Waals surface area (Å²) in [6.07, 6.45) is 1.72. The van der Waals surface area contributed by atoms with Gasteiger partial charge < -0.3 is 4.74 Å². The van der Waals surface area contributed by atoms with Crippen molar-refractivity contribution in [2.75, 3.05) is 6.61 Å². The minimum absolute atomic E-state index is 0.131. The highest BCUT2D eigenvalue weighted by atomic mass is 16.5. The Morgan fingerprint density at radius 2 is 2.67 bits per heavy atom. The van der Waals surface area contributed by atoms with E-state index in [1.807, 2.05) is 0 Å². The van der Waals surface area contributed by atoms with Gasteiger partial charge in [0.15, 0.2) is 5.78 Å². The topological polar surface area (TPSA) is 26.3 Å². The maximum atomic E-state index is 10.7. The van der Waals surface area contributed by atoms with Gasteiger partial charge in [0.2, 0.25) is 0 Å². The fourth-order valence-electron chi connectivity index (χ4n) is 0.770. The Balaban J connectivity index is 2.59. The van der Waals surface area contributed by atoms with Crippen LogP contribution >= 0.6 is 0 Å². The number of ether oxygens (including phenoxy) is 1. The van der Waals surface area contributed by atoms with Crippen molar-refractivity contribution in [1.82, 2.24) is 0 Å². The predicted molar refractivity (Wildman–Crippen MR) is 33.1 cm³/mol. The highest BCUT2D eigenvalue weighted by Crippen LogP contribution is 2.07. The Morgan fingerprint density at radius 3 is 3.11 bits per heavy atom. The lowest BCUT2D eigenvalue weighted by Crippen LogP contribution is -2.10. The molecule has 1 heterocycles. The van der Waals surface area contributed by atoms with Crippen LogP contribution in [0.15, 0.2) is 18.4 Å². The third-order valence-electron chi connectivity index (χ3n) is 1.23. The van der Waals surface area contributed by atoms with Crippen molar-refractivity contribution in [2.24, 2.45) is 0 Å². The summed E-state index contributed by atoms with van der Waals surface area (Å²) in [6.45, 7) is 3.89. The van der Waals surface area contributed by atoms with Crippen molar-refractivity contribution < 1.29 is 9.53 Å². The molecule has 1 rings (SSSR count). The van der Waals surface area contributed by atoms with E-state index < -0.39 is 0 Å². The first-order valence-corrected chi connectivity index (χ1v) is 2.85. The van der Waals surface area contributed by atoms with Crippen LogP contribution in [0, 0.1) is 0 Å². The minimum Gasteiger partial charge on any atom is -0.365 e. The number of rotatable bonds is 1. The number of Topliss-reactive ketones (excluding diaryl/α,β-unsaturated/α-hetero) is 1. The molecule has 2 nitrogen and oxygen atoms in total. The molecule has 1 fully saturated rings. The van der Waals surface area contributed by atoms with Crippen molar-refractivity contribution in [2.45, 2.75) is 12.5 Å². The third-order valence-corrected chi connectivity index (χ3v) is 1.23. The largest absolute Gasteiger partial charge is 0.365 e. The lowest BCUT2D eigenvalue weighted by atomic mass is 10.2. The summed E-state index contributed by atoms with van der Waals surface area (Å²) >= 11 is 0. The monoisotopic (exact) mass is 124 g/mol.